The maximum atomic E-state index is 12.3. The van der Waals surface area contributed by atoms with Crippen LogP contribution in [-0.2, 0) is 23.8 Å². The van der Waals surface area contributed by atoms with E-state index in [0.29, 0.717) is 26.1 Å². The van der Waals surface area contributed by atoms with Gasteiger partial charge in [-0.3, -0.25) is 9.59 Å². The Bertz CT molecular complexity index is 508. The summed E-state index contributed by atoms with van der Waals surface area (Å²) in [5.74, 6) is -0.417. The molecule has 5 heteroatoms. The summed E-state index contributed by atoms with van der Waals surface area (Å²) in [6.07, 6.45) is 27.0. The monoisotopic (exact) mass is 540 g/mol. The zero-order chi connectivity index (χ0) is 27.9. The predicted molar refractivity (Wildman–Crippen MR) is 159 cm³/mol. The van der Waals surface area contributed by atoms with Crippen LogP contribution in [0.4, 0.5) is 0 Å². The minimum atomic E-state index is -0.514. The molecule has 1 unspecified atom stereocenters. The molecule has 0 aromatic heterocycles. The van der Waals surface area contributed by atoms with Gasteiger partial charge in [0.2, 0.25) is 0 Å². The second kappa shape index (κ2) is 30.4. The Hall–Kier alpha value is -1.10. The molecule has 1 atom stereocenters. The molecule has 0 heterocycles. The standard InChI is InChI=1S/C33H64O5/c1-4-7-10-13-14-15-16-17-18-19-22-25-28-36-29-31(38-33(35)27-24-21-12-9-6-3)30-37-32(34)26-23-20-11-8-5-2/h31H,4-30H2,1-3H3. The third-order valence-electron chi connectivity index (χ3n) is 7.14. The van der Waals surface area contributed by atoms with Gasteiger partial charge in [0, 0.05) is 19.4 Å². The lowest BCUT2D eigenvalue weighted by molar-refractivity contribution is -0.163. The molecule has 0 spiro atoms. The normalized spacial score (nSPS) is 12.0. The fourth-order valence-corrected chi connectivity index (χ4v) is 4.62. The van der Waals surface area contributed by atoms with Crippen LogP contribution < -0.4 is 0 Å². The van der Waals surface area contributed by atoms with Gasteiger partial charge in [-0.1, -0.05) is 143 Å². The first-order valence-electron chi connectivity index (χ1n) is 16.6. The summed E-state index contributed by atoms with van der Waals surface area (Å²) in [7, 11) is 0. The van der Waals surface area contributed by atoms with E-state index in [2.05, 4.69) is 20.8 Å². The Morgan fingerprint density at radius 1 is 0.474 bits per heavy atom. The number of hydrogen-bond donors (Lipinski definition) is 0. The Labute approximate surface area is 236 Å². The van der Waals surface area contributed by atoms with Crippen LogP contribution >= 0.6 is 0 Å². The quantitative estimate of drug-likeness (QED) is 0.0670. The van der Waals surface area contributed by atoms with Gasteiger partial charge in [-0.05, 0) is 19.3 Å². The first kappa shape index (κ1) is 36.9. The lowest BCUT2D eigenvalue weighted by Gasteiger charge is -2.18. The van der Waals surface area contributed by atoms with Crippen molar-refractivity contribution in [3.63, 3.8) is 0 Å². The van der Waals surface area contributed by atoms with Gasteiger partial charge < -0.3 is 14.2 Å². The molecule has 0 aliphatic carbocycles. The molecular weight excluding hydrogens is 476 g/mol. The van der Waals surface area contributed by atoms with E-state index in [0.717, 1.165) is 44.9 Å². The van der Waals surface area contributed by atoms with Gasteiger partial charge in [0.1, 0.15) is 6.61 Å². The maximum absolute atomic E-state index is 12.3. The van der Waals surface area contributed by atoms with Crippen LogP contribution in [0, 0.1) is 0 Å². The molecule has 0 aliphatic heterocycles. The van der Waals surface area contributed by atoms with Crippen molar-refractivity contribution in [3.05, 3.63) is 0 Å². The number of unbranched alkanes of at least 4 members (excludes halogenated alkanes) is 19. The maximum Gasteiger partial charge on any atom is 0.306 e. The van der Waals surface area contributed by atoms with Crippen LogP contribution in [0.5, 0.6) is 0 Å². The fourth-order valence-electron chi connectivity index (χ4n) is 4.62. The van der Waals surface area contributed by atoms with E-state index < -0.39 is 6.10 Å². The minimum Gasteiger partial charge on any atom is -0.462 e. The van der Waals surface area contributed by atoms with Gasteiger partial charge >= 0.3 is 11.9 Å². The fraction of sp³-hybridized carbons (Fsp3) is 0.939. The summed E-state index contributed by atoms with van der Waals surface area (Å²) >= 11 is 0. The summed E-state index contributed by atoms with van der Waals surface area (Å²) in [5.41, 5.74) is 0. The second-order valence-electron chi connectivity index (χ2n) is 11.1. The summed E-state index contributed by atoms with van der Waals surface area (Å²) in [5, 5.41) is 0. The molecular formula is C33H64O5. The highest BCUT2D eigenvalue weighted by molar-refractivity contribution is 5.70. The van der Waals surface area contributed by atoms with E-state index in [1.165, 1.54) is 96.3 Å². The molecule has 0 fully saturated rings. The van der Waals surface area contributed by atoms with Crippen molar-refractivity contribution >= 4 is 11.9 Å². The van der Waals surface area contributed by atoms with Crippen LogP contribution in [0.1, 0.15) is 175 Å². The SMILES string of the molecule is CCCCCCCCCCCCCCOCC(COC(=O)CCCCCCC)OC(=O)CCCCCCC. The van der Waals surface area contributed by atoms with Crippen molar-refractivity contribution in [2.45, 2.75) is 181 Å². The molecule has 5 nitrogen and oxygen atoms in total. The molecule has 0 amide bonds. The Balaban J connectivity index is 4.06. The minimum absolute atomic E-state index is 0.0911. The highest BCUT2D eigenvalue weighted by Gasteiger charge is 2.17. The molecule has 0 radical (unpaired) electrons. The first-order chi connectivity index (χ1) is 18.6. The van der Waals surface area contributed by atoms with E-state index in [4.69, 9.17) is 14.2 Å². The van der Waals surface area contributed by atoms with E-state index >= 15 is 0 Å². The Morgan fingerprint density at radius 3 is 1.34 bits per heavy atom. The topological polar surface area (TPSA) is 61.8 Å². The molecule has 0 saturated carbocycles. The van der Waals surface area contributed by atoms with E-state index in [1.54, 1.807) is 0 Å². The lowest BCUT2D eigenvalue weighted by atomic mass is 10.1. The molecule has 38 heavy (non-hydrogen) atoms. The zero-order valence-electron chi connectivity index (χ0n) is 25.7. The van der Waals surface area contributed by atoms with Crippen LogP contribution in [0.3, 0.4) is 0 Å². The van der Waals surface area contributed by atoms with E-state index in [-0.39, 0.29) is 18.5 Å². The van der Waals surface area contributed by atoms with Crippen LogP contribution in [0.2, 0.25) is 0 Å². The number of esters is 2. The smallest absolute Gasteiger partial charge is 0.306 e. The van der Waals surface area contributed by atoms with Gasteiger partial charge in [-0.25, -0.2) is 0 Å². The van der Waals surface area contributed by atoms with Gasteiger partial charge in [-0.2, -0.15) is 0 Å². The first-order valence-corrected chi connectivity index (χ1v) is 16.6. The van der Waals surface area contributed by atoms with Gasteiger partial charge in [-0.15, -0.1) is 0 Å². The van der Waals surface area contributed by atoms with Crippen molar-refractivity contribution in [1.29, 1.82) is 0 Å². The third-order valence-corrected chi connectivity index (χ3v) is 7.14. The molecule has 0 aromatic rings. The molecule has 0 rings (SSSR count). The number of rotatable bonds is 30. The number of carbonyl (C=O) groups excluding carboxylic acids is 2. The zero-order valence-corrected chi connectivity index (χ0v) is 25.7. The summed E-state index contributed by atoms with van der Waals surface area (Å²) in [6.45, 7) is 7.68. The van der Waals surface area contributed by atoms with Crippen molar-refractivity contribution < 1.29 is 23.8 Å². The van der Waals surface area contributed by atoms with E-state index in [9.17, 15) is 9.59 Å². The molecule has 0 N–H and O–H groups in total. The Kier molecular flexibility index (Phi) is 29.6. The number of ether oxygens (including phenoxy) is 3. The van der Waals surface area contributed by atoms with Crippen molar-refractivity contribution in [3.8, 4) is 0 Å². The molecule has 0 bridgehead atoms. The summed E-state index contributed by atoms with van der Waals surface area (Å²) in [6, 6.07) is 0. The molecule has 0 aliphatic rings. The summed E-state index contributed by atoms with van der Waals surface area (Å²) < 4.78 is 16.9. The average Bonchev–Trinajstić information content (AvgIpc) is 2.91. The predicted octanol–water partition coefficient (Wildman–Crippen LogP) is 9.88. The molecule has 0 saturated heterocycles. The summed E-state index contributed by atoms with van der Waals surface area (Å²) in [4.78, 5) is 24.5. The lowest BCUT2D eigenvalue weighted by Crippen LogP contribution is -2.30. The van der Waals surface area contributed by atoms with Crippen LogP contribution in [0.25, 0.3) is 0 Å². The largest absolute Gasteiger partial charge is 0.462 e. The Morgan fingerprint density at radius 2 is 0.868 bits per heavy atom. The van der Waals surface area contributed by atoms with Gasteiger partial charge in [0.15, 0.2) is 6.10 Å². The van der Waals surface area contributed by atoms with Crippen molar-refractivity contribution in [2.24, 2.45) is 0 Å². The van der Waals surface area contributed by atoms with Crippen molar-refractivity contribution in [2.75, 3.05) is 19.8 Å². The highest BCUT2D eigenvalue weighted by Crippen LogP contribution is 2.13. The van der Waals surface area contributed by atoms with Gasteiger partial charge in [0.25, 0.3) is 0 Å². The van der Waals surface area contributed by atoms with Crippen LogP contribution in [-0.4, -0.2) is 37.9 Å². The van der Waals surface area contributed by atoms with E-state index in [1.807, 2.05) is 0 Å². The highest BCUT2D eigenvalue weighted by atomic mass is 16.6. The van der Waals surface area contributed by atoms with Crippen LogP contribution in [0.15, 0.2) is 0 Å². The molecule has 0 aromatic carbocycles. The van der Waals surface area contributed by atoms with Gasteiger partial charge in [0.05, 0.1) is 6.61 Å². The second-order valence-corrected chi connectivity index (χ2v) is 11.1. The number of carbonyl (C=O) groups is 2. The number of hydrogen-bond acceptors (Lipinski definition) is 5. The molecule has 226 valence electrons. The average molecular weight is 541 g/mol. The third kappa shape index (κ3) is 27.9. The van der Waals surface area contributed by atoms with Crippen molar-refractivity contribution in [1.82, 2.24) is 0 Å².